The summed E-state index contributed by atoms with van der Waals surface area (Å²) >= 11 is 0. The highest BCUT2D eigenvalue weighted by Crippen LogP contribution is 2.31. The van der Waals surface area contributed by atoms with Crippen LogP contribution in [0.4, 0.5) is 0 Å². The van der Waals surface area contributed by atoms with E-state index in [1.165, 1.54) is 13.2 Å². The molecular weight excluding hydrogens is 336 g/mol. The maximum Gasteiger partial charge on any atom is 0.164 e. The van der Waals surface area contributed by atoms with Crippen molar-refractivity contribution in [2.75, 3.05) is 35.0 Å². The van der Waals surface area contributed by atoms with Crippen LogP contribution < -0.4 is 23.7 Å². The van der Waals surface area contributed by atoms with E-state index in [2.05, 4.69) is 11.8 Å². The largest absolute Gasteiger partial charge is 0.508 e. The first-order valence-electron chi connectivity index (χ1n) is 7.75. The van der Waals surface area contributed by atoms with Gasteiger partial charge in [0.25, 0.3) is 0 Å². The lowest BCUT2D eigenvalue weighted by atomic mass is 10.3. The van der Waals surface area contributed by atoms with Crippen molar-refractivity contribution in [3.05, 3.63) is 36.4 Å². The van der Waals surface area contributed by atoms with Crippen LogP contribution in [-0.2, 0) is 0 Å². The summed E-state index contributed by atoms with van der Waals surface area (Å²) in [5.41, 5.74) is 0. The summed E-state index contributed by atoms with van der Waals surface area (Å²) in [4.78, 5) is 0. The van der Waals surface area contributed by atoms with Gasteiger partial charge in [0.1, 0.15) is 18.1 Å². The molecule has 0 amide bonds. The lowest BCUT2D eigenvalue weighted by Gasteiger charge is -2.09. The molecule has 0 aliphatic carbocycles. The number of benzene rings is 2. The molecule has 0 aliphatic heterocycles. The first-order valence-corrected chi connectivity index (χ1v) is 7.75. The summed E-state index contributed by atoms with van der Waals surface area (Å²) in [6, 6.07) is 10.1. The van der Waals surface area contributed by atoms with Crippen molar-refractivity contribution < 1.29 is 28.8 Å². The molecule has 6 heteroatoms. The third-order valence-electron chi connectivity index (χ3n) is 3.21. The Morgan fingerprint density at radius 2 is 1.31 bits per heavy atom. The predicted octanol–water partition coefficient (Wildman–Crippen LogP) is 3.52. The van der Waals surface area contributed by atoms with E-state index in [1.807, 2.05) is 6.07 Å². The SMILES string of the molecule is CC#CCOc1ccc(OC)c(OC)c1.COc1ccc(O)cc1OC. The van der Waals surface area contributed by atoms with Gasteiger partial charge >= 0.3 is 0 Å². The minimum absolute atomic E-state index is 0.169. The molecule has 6 nitrogen and oxygen atoms in total. The van der Waals surface area contributed by atoms with Crippen molar-refractivity contribution >= 4 is 0 Å². The average molecular weight is 360 g/mol. The van der Waals surface area contributed by atoms with Crippen molar-refractivity contribution in [1.82, 2.24) is 0 Å². The number of phenols is 1. The molecule has 2 aromatic carbocycles. The second kappa shape index (κ2) is 11.4. The highest BCUT2D eigenvalue weighted by atomic mass is 16.5. The van der Waals surface area contributed by atoms with Crippen LogP contribution in [0.5, 0.6) is 34.5 Å². The highest BCUT2D eigenvalue weighted by Gasteiger charge is 2.04. The molecule has 0 saturated heterocycles. The molecule has 0 fully saturated rings. The van der Waals surface area contributed by atoms with Crippen LogP contribution in [0.25, 0.3) is 0 Å². The van der Waals surface area contributed by atoms with Crippen molar-refractivity contribution in [2.45, 2.75) is 6.92 Å². The zero-order valence-corrected chi connectivity index (χ0v) is 15.7. The quantitative estimate of drug-likeness (QED) is 0.795. The molecule has 0 saturated carbocycles. The molecule has 26 heavy (non-hydrogen) atoms. The monoisotopic (exact) mass is 360 g/mol. The fraction of sp³-hybridized carbons (Fsp3) is 0.300. The minimum atomic E-state index is 0.169. The van der Waals surface area contributed by atoms with Crippen molar-refractivity contribution in [1.29, 1.82) is 0 Å². The molecule has 0 aromatic heterocycles. The number of ether oxygens (including phenoxy) is 5. The van der Waals surface area contributed by atoms with Gasteiger partial charge in [-0.25, -0.2) is 0 Å². The maximum absolute atomic E-state index is 9.03. The number of hydrogen-bond acceptors (Lipinski definition) is 6. The summed E-state index contributed by atoms with van der Waals surface area (Å²) in [6.07, 6.45) is 0. The van der Waals surface area contributed by atoms with E-state index < -0.39 is 0 Å². The highest BCUT2D eigenvalue weighted by molar-refractivity contribution is 5.46. The lowest BCUT2D eigenvalue weighted by molar-refractivity contribution is 0.341. The normalized spacial score (nSPS) is 8.96. The van der Waals surface area contributed by atoms with Gasteiger partial charge < -0.3 is 28.8 Å². The molecule has 2 aromatic rings. The predicted molar refractivity (Wildman–Crippen MR) is 99.7 cm³/mol. The summed E-state index contributed by atoms with van der Waals surface area (Å²) in [6.45, 7) is 2.16. The Kier molecular flexibility index (Phi) is 9.12. The molecule has 0 bridgehead atoms. The molecule has 0 heterocycles. The van der Waals surface area contributed by atoms with Gasteiger partial charge in [-0.3, -0.25) is 0 Å². The molecular formula is C20H24O6. The third-order valence-corrected chi connectivity index (χ3v) is 3.21. The Balaban J connectivity index is 0.000000273. The Bertz CT molecular complexity index is 746. The van der Waals surface area contributed by atoms with E-state index >= 15 is 0 Å². The first kappa shape index (κ1) is 20.8. The number of hydrogen-bond donors (Lipinski definition) is 1. The smallest absolute Gasteiger partial charge is 0.164 e. The number of phenolic OH excluding ortho intramolecular Hbond substituents is 1. The number of methoxy groups -OCH3 is 4. The molecule has 0 unspecified atom stereocenters. The van der Waals surface area contributed by atoms with Gasteiger partial charge in [0.15, 0.2) is 23.0 Å². The van der Waals surface area contributed by atoms with E-state index in [9.17, 15) is 0 Å². The molecule has 0 aliphatic rings. The van der Waals surface area contributed by atoms with Crippen LogP contribution in [-0.4, -0.2) is 40.2 Å². The van der Waals surface area contributed by atoms with E-state index in [1.54, 1.807) is 52.5 Å². The van der Waals surface area contributed by atoms with E-state index in [-0.39, 0.29) is 5.75 Å². The van der Waals surface area contributed by atoms with Gasteiger partial charge in [-0.2, -0.15) is 0 Å². The van der Waals surface area contributed by atoms with E-state index in [4.69, 9.17) is 28.8 Å². The molecule has 0 atom stereocenters. The van der Waals surface area contributed by atoms with Gasteiger partial charge in [0, 0.05) is 12.1 Å². The summed E-state index contributed by atoms with van der Waals surface area (Å²) in [5, 5.41) is 9.03. The van der Waals surface area contributed by atoms with Crippen molar-refractivity contribution in [3.63, 3.8) is 0 Å². The van der Waals surface area contributed by atoms with Gasteiger partial charge in [-0.1, -0.05) is 5.92 Å². The fourth-order valence-corrected chi connectivity index (χ4v) is 1.92. The second-order valence-corrected chi connectivity index (χ2v) is 4.77. The van der Waals surface area contributed by atoms with Gasteiger partial charge in [-0.05, 0) is 31.2 Å². The van der Waals surface area contributed by atoms with Crippen LogP contribution in [0, 0.1) is 11.8 Å². The molecule has 0 spiro atoms. The van der Waals surface area contributed by atoms with Gasteiger partial charge in [-0.15, -0.1) is 5.92 Å². The van der Waals surface area contributed by atoms with Gasteiger partial charge in [0.2, 0.25) is 0 Å². The topological polar surface area (TPSA) is 66.4 Å². The standard InChI is InChI=1S/C12H14O3.C8H10O3/c1-4-5-8-15-10-6-7-11(13-2)12(9-10)14-3;1-10-7-4-3-6(9)5-8(7)11-2/h6-7,9H,8H2,1-3H3;3-5,9H,1-2H3. The average Bonchev–Trinajstić information content (AvgIpc) is 2.68. The number of aromatic hydroxyl groups is 1. The van der Waals surface area contributed by atoms with Crippen LogP contribution in [0.15, 0.2) is 36.4 Å². The van der Waals surface area contributed by atoms with Crippen molar-refractivity contribution in [3.8, 4) is 46.3 Å². The van der Waals surface area contributed by atoms with Crippen LogP contribution >= 0.6 is 0 Å². The Morgan fingerprint density at radius 1 is 0.769 bits per heavy atom. The van der Waals surface area contributed by atoms with E-state index in [0.717, 1.165) is 5.75 Å². The maximum atomic E-state index is 9.03. The Hall–Kier alpha value is -3.20. The van der Waals surface area contributed by atoms with Crippen molar-refractivity contribution in [2.24, 2.45) is 0 Å². The lowest BCUT2D eigenvalue weighted by Crippen LogP contribution is -1.95. The zero-order chi connectivity index (χ0) is 19.4. The summed E-state index contributed by atoms with van der Waals surface area (Å²) < 4.78 is 25.5. The molecule has 140 valence electrons. The minimum Gasteiger partial charge on any atom is -0.508 e. The zero-order valence-electron chi connectivity index (χ0n) is 15.7. The Morgan fingerprint density at radius 3 is 1.85 bits per heavy atom. The fourth-order valence-electron chi connectivity index (χ4n) is 1.92. The summed E-state index contributed by atoms with van der Waals surface area (Å²) in [7, 11) is 6.26. The van der Waals surface area contributed by atoms with E-state index in [0.29, 0.717) is 29.6 Å². The van der Waals surface area contributed by atoms with Crippen LogP contribution in [0.1, 0.15) is 6.92 Å². The van der Waals surface area contributed by atoms with Crippen LogP contribution in [0.2, 0.25) is 0 Å². The molecule has 0 radical (unpaired) electrons. The molecule has 2 rings (SSSR count). The number of rotatable bonds is 6. The second-order valence-electron chi connectivity index (χ2n) is 4.77. The third kappa shape index (κ3) is 6.36. The molecule has 1 N–H and O–H groups in total. The Labute approximate surface area is 154 Å². The van der Waals surface area contributed by atoms with Crippen LogP contribution in [0.3, 0.4) is 0 Å². The van der Waals surface area contributed by atoms with Gasteiger partial charge in [0.05, 0.1) is 28.4 Å². The first-order chi connectivity index (χ1) is 12.6. The summed E-state index contributed by atoms with van der Waals surface area (Å²) in [5.74, 6) is 8.95.